The topological polar surface area (TPSA) is 52.0 Å². The normalized spacial score (nSPS) is 14.5. The predicted octanol–water partition coefficient (Wildman–Crippen LogP) is 2.08. The molecule has 0 spiro atoms. The SMILES string of the molecule is COc1ccc(C)cc1-n1cc(CNCC2CC2)nn1. The number of hydrogen-bond donors (Lipinski definition) is 1. The minimum Gasteiger partial charge on any atom is -0.494 e. The fourth-order valence-electron chi connectivity index (χ4n) is 2.20. The number of rotatable bonds is 6. The van der Waals surface area contributed by atoms with E-state index < -0.39 is 0 Å². The third kappa shape index (κ3) is 2.99. The molecule has 106 valence electrons. The van der Waals surface area contributed by atoms with Gasteiger partial charge in [-0.2, -0.15) is 0 Å². The van der Waals surface area contributed by atoms with E-state index in [1.165, 1.54) is 18.4 Å². The number of hydrogen-bond acceptors (Lipinski definition) is 4. The lowest BCUT2D eigenvalue weighted by molar-refractivity contribution is 0.411. The number of ether oxygens (including phenoxy) is 1. The van der Waals surface area contributed by atoms with Gasteiger partial charge in [0.1, 0.15) is 11.4 Å². The molecule has 1 saturated carbocycles. The Balaban J connectivity index is 1.73. The van der Waals surface area contributed by atoms with E-state index in [0.717, 1.165) is 36.1 Å². The molecule has 5 heteroatoms. The van der Waals surface area contributed by atoms with Crippen LogP contribution in [0.3, 0.4) is 0 Å². The lowest BCUT2D eigenvalue weighted by atomic mass is 10.2. The Morgan fingerprint density at radius 3 is 3.00 bits per heavy atom. The Morgan fingerprint density at radius 1 is 1.40 bits per heavy atom. The van der Waals surface area contributed by atoms with E-state index in [4.69, 9.17) is 4.74 Å². The number of benzene rings is 1. The molecule has 2 aromatic rings. The first kappa shape index (κ1) is 13.1. The minimum atomic E-state index is 0.768. The molecule has 1 aromatic heterocycles. The summed E-state index contributed by atoms with van der Waals surface area (Å²) in [5.41, 5.74) is 3.05. The third-order valence-electron chi connectivity index (χ3n) is 3.56. The molecule has 0 unspecified atom stereocenters. The van der Waals surface area contributed by atoms with Crippen molar-refractivity contribution in [2.45, 2.75) is 26.3 Å². The van der Waals surface area contributed by atoms with Crippen molar-refractivity contribution in [3.05, 3.63) is 35.7 Å². The van der Waals surface area contributed by atoms with Gasteiger partial charge in [0.15, 0.2) is 0 Å². The highest BCUT2D eigenvalue weighted by Gasteiger charge is 2.20. The van der Waals surface area contributed by atoms with Crippen molar-refractivity contribution in [1.82, 2.24) is 20.3 Å². The van der Waals surface area contributed by atoms with E-state index in [-0.39, 0.29) is 0 Å². The quantitative estimate of drug-likeness (QED) is 0.875. The van der Waals surface area contributed by atoms with Crippen LogP contribution in [0.2, 0.25) is 0 Å². The van der Waals surface area contributed by atoms with E-state index in [2.05, 4.69) is 28.6 Å². The molecule has 1 aromatic carbocycles. The maximum Gasteiger partial charge on any atom is 0.144 e. The van der Waals surface area contributed by atoms with Gasteiger partial charge in [-0.15, -0.1) is 5.10 Å². The molecule has 0 saturated heterocycles. The Morgan fingerprint density at radius 2 is 2.25 bits per heavy atom. The molecular formula is C15H20N4O. The highest BCUT2D eigenvalue weighted by molar-refractivity contribution is 5.48. The second-order valence-electron chi connectivity index (χ2n) is 5.40. The molecule has 0 radical (unpaired) electrons. The van der Waals surface area contributed by atoms with Gasteiger partial charge in [-0.05, 0) is 49.9 Å². The van der Waals surface area contributed by atoms with Crippen LogP contribution in [0, 0.1) is 12.8 Å². The first-order chi connectivity index (χ1) is 9.76. The third-order valence-corrected chi connectivity index (χ3v) is 3.56. The molecule has 0 bridgehead atoms. The van der Waals surface area contributed by atoms with Gasteiger partial charge in [-0.3, -0.25) is 0 Å². The van der Waals surface area contributed by atoms with Gasteiger partial charge in [0.05, 0.1) is 19.0 Å². The number of aryl methyl sites for hydroxylation is 1. The Labute approximate surface area is 118 Å². The molecule has 0 amide bonds. The fraction of sp³-hybridized carbons (Fsp3) is 0.467. The average Bonchev–Trinajstić information content (AvgIpc) is 3.15. The van der Waals surface area contributed by atoms with Crippen molar-refractivity contribution >= 4 is 0 Å². The Hall–Kier alpha value is -1.88. The lowest BCUT2D eigenvalue weighted by Gasteiger charge is -2.08. The molecule has 1 aliphatic carbocycles. The van der Waals surface area contributed by atoms with E-state index in [0.29, 0.717) is 0 Å². The summed E-state index contributed by atoms with van der Waals surface area (Å²) in [7, 11) is 1.67. The number of aromatic nitrogens is 3. The standard InChI is InChI=1S/C15H20N4O/c1-11-3-6-15(20-2)14(7-11)19-10-13(17-18-19)9-16-8-12-4-5-12/h3,6-7,10,12,16H,4-5,8-9H2,1-2H3. The summed E-state index contributed by atoms with van der Waals surface area (Å²) in [4.78, 5) is 0. The van der Waals surface area contributed by atoms with Crippen LogP contribution in [-0.2, 0) is 6.54 Å². The van der Waals surface area contributed by atoms with Gasteiger partial charge in [0, 0.05) is 6.54 Å². The van der Waals surface area contributed by atoms with Crippen LogP contribution in [0.4, 0.5) is 0 Å². The van der Waals surface area contributed by atoms with E-state index in [1.807, 2.05) is 18.3 Å². The second kappa shape index (κ2) is 5.63. The van der Waals surface area contributed by atoms with Gasteiger partial charge < -0.3 is 10.1 Å². The van der Waals surface area contributed by atoms with Crippen molar-refractivity contribution in [3.8, 4) is 11.4 Å². The zero-order valence-electron chi connectivity index (χ0n) is 12.0. The second-order valence-corrected chi connectivity index (χ2v) is 5.40. The van der Waals surface area contributed by atoms with Crippen LogP contribution in [0.5, 0.6) is 5.75 Å². The molecule has 20 heavy (non-hydrogen) atoms. The number of nitrogens with one attached hydrogen (secondary N) is 1. The van der Waals surface area contributed by atoms with E-state index in [1.54, 1.807) is 11.8 Å². The molecule has 1 heterocycles. The summed E-state index contributed by atoms with van der Waals surface area (Å²) < 4.78 is 7.16. The summed E-state index contributed by atoms with van der Waals surface area (Å²) in [5.74, 6) is 1.68. The molecular weight excluding hydrogens is 252 g/mol. The zero-order chi connectivity index (χ0) is 13.9. The van der Waals surface area contributed by atoms with Crippen molar-refractivity contribution < 1.29 is 4.74 Å². The lowest BCUT2D eigenvalue weighted by Crippen LogP contribution is -2.16. The van der Waals surface area contributed by atoms with Crippen molar-refractivity contribution in [2.24, 2.45) is 5.92 Å². The van der Waals surface area contributed by atoms with Crippen molar-refractivity contribution in [1.29, 1.82) is 0 Å². The first-order valence-corrected chi connectivity index (χ1v) is 7.03. The monoisotopic (exact) mass is 272 g/mol. The van der Waals surface area contributed by atoms with Crippen LogP contribution in [0.15, 0.2) is 24.4 Å². The summed E-state index contributed by atoms with van der Waals surface area (Å²) in [5, 5.41) is 11.8. The number of nitrogens with zero attached hydrogens (tertiary/aromatic N) is 3. The van der Waals surface area contributed by atoms with E-state index in [9.17, 15) is 0 Å². The van der Waals surface area contributed by atoms with Crippen molar-refractivity contribution in [3.63, 3.8) is 0 Å². The minimum absolute atomic E-state index is 0.768. The molecule has 5 nitrogen and oxygen atoms in total. The maximum absolute atomic E-state index is 5.38. The zero-order valence-corrected chi connectivity index (χ0v) is 12.0. The maximum atomic E-state index is 5.38. The fourth-order valence-corrected chi connectivity index (χ4v) is 2.20. The first-order valence-electron chi connectivity index (χ1n) is 7.03. The summed E-state index contributed by atoms with van der Waals surface area (Å²) in [6, 6.07) is 6.03. The average molecular weight is 272 g/mol. The van der Waals surface area contributed by atoms with Gasteiger partial charge in [0.2, 0.25) is 0 Å². The van der Waals surface area contributed by atoms with Gasteiger partial charge in [-0.25, -0.2) is 4.68 Å². The molecule has 1 aliphatic rings. The van der Waals surface area contributed by atoms with Crippen LogP contribution in [0.25, 0.3) is 5.69 Å². The summed E-state index contributed by atoms with van der Waals surface area (Å²) in [6.07, 6.45) is 4.68. The molecule has 1 fully saturated rings. The van der Waals surface area contributed by atoms with Crippen LogP contribution in [-0.4, -0.2) is 28.6 Å². The molecule has 0 atom stereocenters. The molecule has 0 aliphatic heterocycles. The molecule has 3 rings (SSSR count). The highest BCUT2D eigenvalue weighted by atomic mass is 16.5. The highest BCUT2D eigenvalue weighted by Crippen LogP contribution is 2.27. The van der Waals surface area contributed by atoms with Crippen LogP contribution < -0.4 is 10.1 Å². The van der Waals surface area contributed by atoms with Gasteiger partial charge in [0.25, 0.3) is 0 Å². The van der Waals surface area contributed by atoms with Crippen LogP contribution >= 0.6 is 0 Å². The van der Waals surface area contributed by atoms with Crippen molar-refractivity contribution in [2.75, 3.05) is 13.7 Å². The Bertz CT molecular complexity index is 589. The van der Waals surface area contributed by atoms with Crippen LogP contribution in [0.1, 0.15) is 24.1 Å². The smallest absolute Gasteiger partial charge is 0.144 e. The van der Waals surface area contributed by atoms with Gasteiger partial charge >= 0.3 is 0 Å². The predicted molar refractivity (Wildman–Crippen MR) is 77.1 cm³/mol. The van der Waals surface area contributed by atoms with E-state index >= 15 is 0 Å². The Kier molecular flexibility index (Phi) is 3.69. The number of methoxy groups -OCH3 is 1. The summed E-state index contributed by atoms with van der Waals surface area (Å²) >= 11 is 0. The summed E-state index contributed by atoms with van der Waals surface area (Å²) in [6.45, 7) is 3.91. The molecule has 1 N–H and O–H groups in total. The largest absolute Gasteiger partial charge is 0.494 e. The van der Waals surface area contributed by atoms with Gasteiger partial charge in [-0.1, -0.05) is 11.3 Å².